The fraction of sp³-hybridized carbons (Fsp3) is 0.478. The number of thiophene rings is 1. The monoisotopic (exact) mass is 554 g/mol. The molecule has 0 radical (unpaired) electrons. The lowest BCUT2D eigenvalue weighted by atomic mass is 9.95. The molecule has 1 fully saturated rings. The number of esters is 1. The molecule has 0 spiro atoms. The minimum Gasteiger partial charge on any atom is -0.465 e. The smallest absolute Gasteiger partial charge is 0.341 e. The molecule has 2 heterocycles. The van der Waals surface area contributed by atoms with Crippen molar-refractivity contribution >= 4 is 54.2 Å². The van der Waals surface area contributed by atoms with E-state index in [2.05, 4.69) is 21.2 Å². The highest BCUT2D eigenvalue weighted by atomic mass is 79.9. The fourth-order valence-corrected chi connectivity index (χ4v) is 7.57. The number of hydrogen-bond acceptors (Lipinski definition) is 6. The number of carbonyl (C=O) groups is 2. The average Bonchev–Trinajstić information content (AvgIpc) is 3.17. The van der Waals surface area contributed by atoms with Crippen LogP contribution in [0.3, 0.4) is 0 Å². The molecule has 2 aliphatic rings. The van der Waals surface area contributed by atoms with Crippen LogP contribution >= 0.6 is 27.3 Å². The summed E-state index contributed by atoms with van der Waals surface area (Å²) in [4.78, 5) is 26.5. The van der Waals surface area contributed by atoms with E-state index in [1.165, 1.54) is 22.8 Å². The summed E-state index contributed by atoms with van der Waals surface area (Å²) in [7, 11) is -2.10. The number of methoxy groups -OCH3 is 1. The van der Waals surface area contributed by atoms with Gasteiger partial charge in [-0.3, -0.25) is 4.79 Å². The number of ether oxygens (including phenoxy) is 1. The van der Waals surface area contributed by atoms with Crippen molar-refractivity contribution in [2.24, 2.45) is 5.92 Å². The highest BCUT2D eigenvalue weighted by molar-refractivity contribution is 9.10. The molecule has 178 valence electrons. The Kier molecular flexibility index (Phi) is 7.57. The van der Waals surface area contributed by atoms with Crippen molar-refractivity contribution in [3.63, 3.8) is 0 Å². The van der Waals surface area contributed by atoms with Gasteiger partial charge in [0.25, 0.3) is 0 Å². The van der Waals surface area contributed by atoms with Crippen LogP contribution in [0.1, 0.15) is 52.0 Å². The van der Waals surface area contributed by atoms with E-state index in [4.69, 9.17) is 4.74 Å². The Balaban J connectivity index is 1.39. The number of fused-ring (bicyclic) bond motifs is 1. The first-order chi connectivity index (χ1) is 15.8. The maximum atomic E-state index is 13.0. The van der Waals surface area contributed by atoms with E-state index in [0.717, 1.165) is 46.2 Å². The molecule has 1 aliphatic heterocycles. The largest absolute Gasteiger partial charge is 0.465 e. The molecule has 0 bridgehead atoms. The standard InChI is InChI=1S/C23H27BrN2O5S2/c1-31-23(28)20-18-4-2-3-5-19(18)32-22(20)25-21(27)16-10-12-26(13-11-16)33(29,30)14-15-6-8-17(24)9-7-15/h6-9,16H,2-5,10-14H2,1H3,(H,25,27). The van der Waals surface area contributed by atoms with E-state index < -0.39 is 16.0 Å². The van der Waals surface area contributed by atoms with E-state index in [0.29, 0.717) is 36.5 Å². The van der Waals surface area contributed by atoms with Gasteiger partial charge in [0.15, 0.2) is 0 Å². The predicted octanol–water partition coefficient (Wildman–Crippen LogP) is 4.36. The van der Waals surface area contributed by atoms with E-state index in [9.17, 15) is 18.0 Å². The van der Waals surface area contributed by atoms with Crippen LogP contribution in [0.5, 0.6) is 0 Å². The average molecular weight is 556 g/mol. The summed E-state index contributed by atoms with van der Waals surface area (Å²) in [5.41, 5.74) is 2.22. The fourth-order valence-electron chi connectivity index (χ4n) is 4.46. The summed E-state index contributed by atoms with van der Waals surface area (Å²) >= 11 is 4.82. The molecule has 1 saturated heterocycles. The van der Waals surface area contributed by atoms with Gasteiger partial charge in [0.1, 0.15) is 5.00 Å². The molecule has 7 nitrogen and oxygen atoms in total. The molecule has 0 unspecified atom stereocenters. The third-order valence-electron chi connectivity index (χ3n) is 6.28. The Bertz CT molecular complexity index is 1140. The van der Waals surface area contributed by atoms with Crippen molar-refractivity contribution in [3.8, 4) is 0 Å². The van der Waals surface area contributed by atoms with Crippen LogP contribution in [0.2, 0.25) is 0 Å². The Morgan fingerprint density at radius 1 is 1.15 bits per heavy atom. The van der Waals surface area contributed by atoms with E-state index in [1.807, 2.05) is 12.1 Å². The summed E-state index contributed by atoms with van der Waals surface area (Å²) < 4.78 is 33.0. The molecule has 1 N–H and O–H groups in total. The maximum absolute atomic E-state index is 13.0. The Labute approximate surface area is 206 Å². The van der Waals surface area contributed by atoms with Gasteiger partial charge in [-0.1, -0.05) is 28.1 Å². The van der Waals surface area contributed by atoms with E-state index >= 15 is 0 Å². The Morgan fingerprint density at radius 2 is 1.82 bits per heavy atom. The lowest BCUT2D eigenvalue weighted by Gasteiger charge is -2.30. The quantitative estimate of drug-likeness (QED) is 0.535. The van der Waals surface area contributed by atoms with Gasteiger partial charge in [0, 0.05) is 28.4 Å². The minimum absolute atomic E-state index is 0.0552. The molecule has 0 atom stereocenters. The number of benzene rings is 1. The third kappa shape index (κ3) is 5.50. The summed E-state index contributed by atoms with van der Waals surface area (Å²) in [6, 6.07) is 7.24. The van der Waals surface area contributed by atoms with Gasteiger partial charge in [0.05, 0.1) is 18.4 Å². The summed E-state index contributed by atoms with van der Waals surface area (Å²) in [6.07, 6.45) is 4.73. The number of anilines is 1. The van der Waals surface area contributed by atoms with Gasteiger partial charge in [-0.2, -0.15) is 0 Å². The molecule has 1 aromatic heterocycles. The van der Waals surface area contributed by atoms with E-state index in [1.54, 1.807) is 12.1 Å². The minimum atomic E-state index is -3.45. The van der Waals surface area contributed by atoms with Gasteiger partial charge >= 0.3 is 5.97 Å². The molecule has 1 aromatic carbocycles. The van der Waals surface area contributed by atoms with Gasteiger partial charge in [-0.25, -0.2) is 17.5 Å². The van der Waals surface area contributed by atoms with Gasteiger partial charge < -0.3 is 10.1 Å². The number of sulfonamides is 1. The number of piperidine rings is 1. The number of amides is 1. The molecule has 1 aliphatic carbocycles. The number of rotatable bonds is 6. The second-order valence-corrected chi connectivity index (χ2v) is 12.4. The highest BCUT2D eigenvalue weighted by Crippen LogP contribution is 2.39. The van der Waals surface area contributed by atoms with Crippen molar-refractivity contribution in [2.75, 3.05) is 25.5 Å². The number of nitrogens with zero attached hydrogens (tertiary/aromatic N) is 1. The van der Waals surface area contributed by atoms with Gasteiger partial charge in [0.2, 0.25) is 15.9 Å². The first-order valence-electron chi connectivity index (χ1n) is 11.0. The number of carbonyl (C=O) groups excluding carboxylic acids is 2. The van der Waals surface area contributed by atoms with Crippen LogP contribution in [0.25, 0.3) is 0 Å². The number of aryl methyl sites for hydroxylation is 1. The lowest BCUT2D eigenvalue weighted by molar-refractivity contribution is -0.120. The van der Waals surface area contributed by atoms with Gasteiger partial charge in [-0.15, -0.1) is 11.3 Å². The lowest BCUT2D eigenvalue weighted by Crippen LogP contribution is -2.41. The normalized spacial score (nSPS) is 17.4. The first kappa shape index (κ1) is 24.4. The van der Waals surface area contributed by atoms with Crippen LogP contribution in [0.4, 0.5) is 5.00 Å². The zero-order chi connectivity index (χ0) is 23.6. The summed E-state index contributed by atoms with van der Waals surface area (Å²) in [5, 5.41) is 3.52. The Morgan fingerprint density at radius 3 is 2.48 bits per heavy atom. The van der Waals surface area contributed by atoms with Crippen molar-refractivity contribution in [2.45, 2.75) is 44.3 Å². The van der Waals surface area contributed by atoms with Crippen LogP contribution in [0.15, 0.2) is 28.7 Å². The molecular formula is C23H27BrN2O5S2. The zero-order valence-corrected chi connectivity index (χ0v) is 21.7. The van der Waals surface area contributed by atoms with Crippen LogP contribution in [-0.4, -0.2) is 44.8 Å². The summed E-state index contributed by atoms with van der Waals surface area (Å²) in [6.45, 7) is 0.615. The second-order valence-electron chi connectivity index (χ2n) is 8.45. The molecule has 33 heavy (non-hydrogen) atoms. The van der Waals surface area contributed by atoms with E-state index in [-0.39, 0.29) is 17.6 Å². The Hall–Kier alpha value is -1.75. The molecule has 4 rings (SSSR count). The zero-order valence-electron chi connectivity index (χ0n) is 18.4. The highest BCUT2D eigenvalue weighted by Gasteiger charge is 2.33. The van der Waals surface area contributed by atoms with Crippen LogP contribution in [-0.2, 0) is 38.1 Å². The number of nitrogens with one attached hydrogen (secondary N) is 1. The second kappa shape index (κ2) is 10.2. The maximum Gasteiger partial charge on any atom is 0.341 e. The third-order valence-corrected chi connectivity index (χ3v) is 9.86. The van der Waals surface area contributed by atoms with Gasteiger partial charge in [-0.05, 0) is 61.8 Å². The van der Waals surface area contributed by atoms with Crippen molar-refractivity contribution in [3.05, 3.63) is 50.3 Å². The molecule has 2 aromatic rings. The summed E-state index contributed by atoms with van der Waals surface area (Å²) in [5.74, 6) is -0.934. The SMILES string of the molecule is COC(=O)c1c(NC(=O)C2CCN(S(=O)(=O)Cc3ccc(Br)cc3)CC2)sc2c1CCCC2. The topological polar surface area (TPSA) is 92.8 Å². The number of hydrogen-bond donors (Lipinski definition) is 1. The molecule has 0 saturated carbocycles. The predicted molar refractivity (Wildman–Crippen MR) is 132 cm³/mol. The molecular weight excluding hydrogens is 528 g/mol. The molecule has 10 heteroatoms. The van der Waals surface area contributed by atoms with Crippen molar-refractivity contribution < 1.29 is 22.7 Å². The van der Waals surface area contributed by atoms with Crippen molar-refractivity contribution in [1.29, 1.82) is 0 Å². The van der Waals surface area contributed by atoms with Crippen molar-refractivity contribution in [1.82, 2.24) is 4.31 Å². The molecule has 1 amide bonds. The first-order valence-corrected chi connectivity index (χ1v) is 14.3. The van der Waals surface area contributed by atoms with Crippen LogP contribution < -0.4 is 5.32 Å². The number of halogens is 1. The van der Waals surface area contributed by atoms with Crippen LogP contribution in [0, 0.1) is 5.92 Å².